The van der Waals surface area contributed by atoms with E-state index in [1.807, 2.05) is 0 Å². The van der Waals surface area contributed by atoms with Crippen LogP contribution in [0.3, 0.4) is 0 Å². The number of ether oxygens (including phenoxy) is 1. The predicted octanol–water partition coefficient (Wildman–Crippen LogP) is 2.37. The molecule has 1 rings (SSSR count). The molecule has 1 aromatic carbocycles. The SMILES string of the molecule is CC(C)Oc1c(F)c(F)c(OS(C)(=O)=O)c(F)c1F. The van der Waals surface area contributed by atoms with Crippen LogP contribution >= 0.6 is 0 Å². The summed E-state index contributed by atoms with van der Waals surface area (Å²) in [5, 5.41) is 0. The standard InChI is InChI=1S/C10H10F4O4S/c1-4(2)17-9-5(11)7(13)10(8(14)6(9)12)18-19(3,15)16/h4H,1-3H3. The maximum Gasteiger partial charge on any atom is 0.306 e. The van der Waals surface area contributed by atoms with Crippen LogP contribution in [0, 0.1) is 23.3 Å². The van der Waals surface area contributed by atoms with Crippen molar-refractivity contribution in [2.24, 2.45) is 0 Å². The molecular formula is C10H10F4O4S. The Bertz CT molecular complexity index is 569. The van der Waals surface area contributed by atoms with Gasteiger partial charge in [-0.25, -0.2) is 0 Å². The number of hydrogen-bond donors (Lipinski definition) is 0. The predicted molar refractivity (Wildman–Crippen MR) is 57.5 cm³/mol. The zero-order valence-electron chi connectivity index (χ0n) is 10.1. The van der Waals surface area contributed by atoms with E-state index in [1.54, 1.807) is 0 Å². The highest BCUT2D eigenvalue weighted by atomic mass is 32.2. The molecule has 0 saturated heterocycles. The van der Waals surface area contributed by atoms with E-state index in [9.17, 15) is 26.0 Å². The van der Waals surface area contributed by atoms with Gasteiger partial charge < -0.3 is 8.92 Å². The Morgan fingerprint density at radius 1 is 0.895 bits per heavy atom. The Morgan fingerprint density at radius 3 is 1.58 bits per heavy atom. The van der Waals surface area contributed by atoms with Gasteiger partial charge in [-0.1, -0.05) is 0 Å². The lowest BCUT2D eigenvalue weighted by atomic mass is 10.2. The van der Waals surface area contributed by atoms with Crippen LogP contribution in [0.25, 0.3) is 0 Å². The largest absolute Gasteiger partial charge is 0.485 e. The minimum Gasteiger partial charge on any atom is -0.485 e. The quantitative estimate of drug-likeness (QED) is 0.487. The first-order valence-corrected chi connectivity index (χ1v) is 6.78. The summed E-state index contributed by atoms with van der Waals surface area (Å²) in [5.74, 6) is -10.7. The van der Waals surface area contributed by atoms with Gasteiger partial charge in [0.05, 0.1) is 12.4 Å². The Balaban J connectivity index is 3.47. The van der Waals surface area contributed by atoms with Gasteiger partial charge in [0.2, 0.25) is 29.0 Å². The summed E-state index contributed by atoms with van der Waals surface area (Å²) in [5.41, 5.74) is 0. The molecule has 0 spiro atoms. The lowest BCUT2D eigenvalue weighted by molar-refractivity contribution is 0.210. The molecular weight excluding hydrogens is 292 g/mol. The normalized spacial score (nSPS) is 11.8. The first kappa shape index (κ1) is 15.5. The van der Waals surface area contributed by atoms with Crippen molar-refractivity contribution in [3.8, 4) is 11.5 Å². The summed E-state index contributed by atoms with van der Waals surface area (Å²) >= 11 is 0. The monoisotopic (exact) mass is 302 g/mol. The van der Waals surface area contributed by atoms with Crippen LogP contribution in [-0.4, -0.2) is 20.8 Å². The summed E-state index contributed by atoms with van der Waals surface area (Å²) in [4.78, 5) is 0. The number of benzene rings is 1. The molecule has 0 aromatic heterocycles. The Labute approximate surface area is 107 Å². The zero-order valence-corrected chi connectivity index (χ0v) is 10.9. The van der Waals surface area contributed by atoms with Crippen molar-refractivity contribution in [3.63, 3.8) is 0 Å². The molecule has 0 N–H and O–H groups in total. The van der Waals surface area contributed by atoms with Gasteiger partial charge in [0, 0.05) is 0 Å². The second-order valence-electron chi connectivity index (χ2n) is 3.87. The lowest BCUT2D eigenvalue weighted by Crippen LogP contribution is -2.14. The molecule has 108 valence electrons. The Kier molecular flexibility index (Phi) is 4.28. The van der Waals surface area contributed by atoms with Crippen molar-refractivity contribution in [2.75, 3.05) is 6.26 Å². The molecule has 0 radical (unpaired) electrons. The van der Waals surface area contributed by atoms with Gasteiger partial charge in [-0.3, -0.25) is 0 Å². The van der Waals surface area contributed by atoms with Gasteiger partial charge in [0.25, 0.3) is 0 Å². The Hall–Kier alpha value is -1.51. The molecule has 0 aliphatic heterocycles. The average molecular weight is 302 g/mol. The maximum atomic E-state index is 13.5. The zero-order chi connectivity index (χ0) is 15.0. The van der Waals surface area contributed by atoms with E-state index < -0.39 is 51.0 Å². The van der Waals surface area contributed by atoms with Crippen LogP contribution in [0.2, 0.25) is 0 Å². The third kappa shape index (κ3) is 3.49. The summed E-state index contributed by atoms with van der Waals surface area (Å²) in [7, 11) is -4.35. The molecule has 0 aliphatic rings. The van der Waals surface area contributed by atoms with Crippen molar-refractivity contribution in [3.05, 3.63) is 23.3 Å². The van der Waals surface area contributed by atoms with E-state index in [1.165, 1.54) is 13.8 Å². The topological polar surface area (TPSA) is 52.6 Å². The van der Waals surface area contributed by atoms with Crippen LogP contribution in [0.15, 0.2) is 0 Å². The van der Waals surface area contributed by atoms with Crippen molar-refractivity contribution in [1.29, 1.82) is 0 Å². The molecule has 0 aliphatic carbocycles. The second-order valence-corrected chi connectivity index (χ2v) is 5.44. The summed E-state index contributed by atoms with van der Waals surface area (Å²) in [6.07, 6.45) is -0.273. The molecule has 0 bridgehead atoms. The van der Waals surface area contributed by atoms with Gasteiger partial charge in [0.15, 0.2) is 5.75 Å². The van der Waals surface area contributed by atoms with Crippen LogP contribution in [0.1, 0.15) is 13.8 Å². The number of hydrogen-bond acceptors (Lipinski definition) is 4. The summed E-state index contributed by atoms with van der Waals surface area (Å²) < 4.78 is 83.8. The van der Waals surface area contributed by atoms with Crippen LogP contribution in [-0.2, 0) is 10.1 Å². The first-order chi connectivity index (χ1) is 8.54. The molecule has 0 amide bonds. The smallest absolute Gasteiger partial charge is 0.306 e. The maximum absolute atomic E-state index is 13.5. The molecule has 0 fully saturated rings. The van der Waals surface area contributed by atoms with Crippen LogP contribution < -0.4 is 8.92 Å². The van der Waals surface area contributed by atoms with Crippen molar-refractivity contribution >= 4 is 10.1 Å². The third-order valence-electron chi connectivity index (χ3n) is 1.77. The fourth-order valence-corrected chi connectivity index (χ4v) is 1.60. The lowest BCUT2D eigenvalue weighted by Gasteiger charge is -2.14. The van der Waals surface area contributed by atoms with E-state index >= 15 is 0 Å². The highest BCUT2D eigenvalue weighted by molar-refractivity contribution is 7.86. The minimum atomic E-state index is -4.35. The van der Waals surface area contributed by atoms with Gasteiger partial charge in [-0.05, 0) is 13.8 Å². The average Bonchev–Trinajstić information content (AvgIpc) is 2.26. The highest BCUT2D eigenvalue weighted by Gasteiger charge is 2.30. The number of rotatable bonds is 4. The fourth-order valence-electron chi connectivity index (χ4n) is 1.16. The van der Waals surface area contributed by atoms with E-state index in [4.69, 9.17) is 0 Å². The van der Waals surface area contributed by atoms with E-state index in [0.717, 1.165) is 0 Å². The van der Waals surface area contributed by atoms with Crippen molar-refractivity contribution in [1.82, 2.24) is 0 Å². The summed E-state index contributed by atoms with van der Waals surface area (Å²) in [6.45, 7) is 2.77. The van der Waals surface area contributed by atoms with Crippen LogP contribution in [0.4, 0.5) is 17.6 Å². The molecule has 0 heterocycles. The number of halogens is 4. The first-order valence-electron chi connectivity index (χ1n) is 4.96. The van der Waals surface area contributed by atoms with Crippen LogP contribution in [0.5, 0.6) is 11.5 Å². The molecule has 4 nitrogen and oxygen atoms in total. The molecule has 19 heavy (non-hydrogen) atoms. The second kappa shape index (κ2) is 5.24. The van der Waals surface area contributed by atoms with E-state index in [0.29, 0.717) is 6.26 Å². The van der Waals surface area contributed by atoms with E-state index in [2.05, 4.69) is 8.92 Å². The molecule has 1 aromatic rings. The highest BCUT2D eigenvalue weighted by Crippen LogP contribution is 2.35. The molecule has 9 heteroatoms. The van der Waals surface area contributed by atoms with Gasteiger partial charge in [0.1, 0.15) is 0 Å². The molecule has 0 unspecified atom stereocenters. The Morgan fingerprint density at radius 2 is 1.26 bits per heavy atom. The van der Waals surface area contributed by atoms with Gasteiger partial charge >= 0.3 is 10.1 Å². The third-order valence-corrected chi connectivity index (χ3v) is 2.24. The van der Waals surface area contributed by atoms with Crippen molar-refractivity contribution in [2.45, 2.75) is 20.0 Å². The molecule has 0 atom stereocenters. The fraction of sp³-hybridized carbons (Fsp3) is 0.400. The van der Waals surface area contributed by atoms with Gasteiger partial charge in [-0.15, -0.1) is 0 Å². The van der Waals surface area contributed by atoms with E-state index in [-0.39, 0.29) is 0 Å². The minimum absolute atomic E-state index is 0.472. The molecule has 0 saturated carbocycles. The van der Waals surface area contributed by atoms with Gasteiger partial charge in [-0.2, -0.15) is 26.0 Å². The van der Waals surface area contributed by atoms with Crippen molar-refractivity contribution < 1.29 is 34.9 Å². The summed E-state index contributed by atoms with van der Waals surface area (Å²) in [6, 6.07) is 0.